The molecule has 2 nitrogen and oxygen atoms in total. The zero-order valence-electron chi connectivity index (χ0n) is 9.49. The molecule has 2 aromatic rings. The van der Waals surface area contributed by atoms with Gasteiger partial charge in [-0.05, 0) is 35.9 Å². The van der Waals surface area contributed by atoms with Gasteiger partial charge in [-0.3, -0.25) is 0 Å². The molecule has 2 aromatic carbocycles. The Morgan fingerprint density at radius 2 is 1.94 bits per heavy atom. The van der Waals surface area contributed by atoms with Crippen LogP contribution >= 0.6 is 27.5 Å². The van der Waals surface area contributed by atoms with Gasteiger partial charge < -0.3 is 10.1 Å². The molecule has 92 valence electrons. The fourth-order valence-corrected chi connectivity index (χ4v) is 2.45. The van der Waals surface area contributed by atoms with Gasteiger partial charge in [-0.15, -0.1) is 0 Å². The van der Waals surface area contributed by atoms with Crippen molar-refractivity contribution < 1.29 is 4.74 Å². The number of benzene rings is 2. The first-order valence-electron chi connectivity index (χ1n) is 5.67. The van der Waals surface area contributed by atoms with Gasteiger partial charge in [0, 0.05) is 9.50 Å². The van der Waals surface area contributed by atoms with E-state index in [4.69, 9.17) is 16.3 Å². The molecular weight excluding hydrogens is 314 g/mol. The lowest BCUT2D eigenvalue weighted by atomic mass is 10.1. The normalized spacial score (nSPS) is 17.6. The molecule has 18 heavy (non-hydrogen) atoms. The second-order valence-corrected chi connectivity index (χ2v) is 5.55. The summed E-state index contributed by atoms with van der Waals surface area (Å²) in [6.45, 7) is 0.621. The average molecular weight is 325 g/mol. The molecule has 1 atom stereocenters. The number of fused-ring (bicyclic) bond motifs is 1. The van der Waals surface area contributed by atoms with Crippen molar-refractivity contribution in [1.82, 2.24) is 0 Å². The van der Waals surface area contributed by atoms with Crippen molar-refractivity contribution in [2.45, 2.75) is 6.04 Å². The fraction of sp³-hybridized carbons (Fsp3) is 0.143. The molecule has 1 N–H and O–H groups in total. The highest BCUT2D eigenvalue weighted by Gasteiger charge is 2.20. The molecule has 0 saturated carbocycles. The number of rotatable bonds is 1. The van der Waals surface area contributed by atoms with Crippen molar-refractivity contribution >= 4 is 33.2 Å². The summed E-state index contributed by atoms with van der Waals surface area (Å²) in [5.74, 6) is 0.854. The zero-order valence-corrected chi connectivity index (χ0v) is 11.8. The van der Waals surface area contributed by atoms with Crippen LogP contribution < -0.4 is 10.1 Å². The zero-order chi connectivity index (χ0) is 12.5. The minimum absolute atomic E-state index is 0.157. The summed E-state index contributed by atoms with van der Waals surface area (Å²) in [4.78, 5) is 0. The van der Waals surface area contributed by atoms with Gasteiger partial charge in [-0.1, -0.05) is 39.7 Å². The molecular formula is C14H11BrClNO. The lowest BCUT2D eigenvalue weighted by Gasteiger charge is -2.28. The fourth-order valence-electron chi connectivity index (χ4n) is 2.02. The van der Waals surface area contributed by atoms with Crippen LogP contribution in [0, 0.1) is 0 Å². The van der Waals surface area contributed by atoms with Gasteiger partial charge in [-0.25, -0.2) is 0 Å². The highest BCUT2D eigenvalue weighted by atomic mass is 79.9. The van der Waals surface area contributed by atoms with Gasteiger partial charge in [0.2, 0.25) is 0 Å². The number of hydrogen-bond donors (Lipinski definition) is 1. The Labute approximate surface area is 119 Å². The Kier molecular flexibility index (Phi) is 3.18. The lowest BCUT2D eigenvalue weighted by Crippen LogP contribution is -2.23. The van der Waals surface area contributed by atoms with E-state index in [1.165, 1.54) is 5.56 Å². The van der Waals surface area contributed by atoms with E-state index in [0.29, 0.717) is 11.6 Å². The van der Waals surface area contributed by atoms with Gasteiger partial charge in [0.15, 0.2) is 0 Å². The van der Waals surface area contributed by atoms with Crippen LogP contribution in [0.4, 0.5) is 5.69 Å². The third-order valence-corrected chi connectivity index (χ3v) is 3.71. The summed E-state index contributed by atoms with van der Waals surface area (Å²) in [6, 6.07) is 14.0. The summed E-state index contributed by atoms with van der Waals surface area (Å²) in [7, 11) is 0. The van der Waals surface area contributed by atoms with Crippen LogP contribution in [0.1, 0.15) is 11.6 Å². The molecule has 0 amide bonds. The Bertz CT molecular complexity index is 571. The lowest BCUT2D eigenvalue weighted by molar-refractivity contribution is 0.286. The van der Waals surface area contributed by atoms with Crippen molar-refractivity contribution in [3.63, 3.8) is 0 Å². The van der Waals surface area contributed by atoms with Crippen molar-refractivity contribution in [2.24, 2.45) is 0 Å². The van der Waals surface area contributed by atoms with Gasteiger partial charge >= 0.3 is 0 Å². The standard InChI is InChI=1S/C14H11BrClNO/c15-10-3-1-9(2-4-10)13-8-18-14-6-5-11(16)7-12(14)17-13/h1-7,13,17H,8H2. The van der Waals surface area contributed by atoms with E-state index < -0.39 is 0 Å². The quantitative estimate of drug-likeness (QED) is 0.824. The molecule has 1 aliphatic rings. The monoisotopic (exact) mass is 323 g/mol. The first-order chi connectivity index (χ1) is 8.72. The molecule has 1 unspecified atom stereocenters. The smallest absolute Gasteiger partial charge is 0.142 e. The SMILES string of the molecule is Clc1ccc2c(c1)NC(c1ccc(Br)cc1)CO2. The van der Waals surface area contributed by atoms with E-state index in [9.17, 15) is 0 Å². The minimum Gasteiger partial charge on any atom is -0.489 e. The molecule has 3 rings (SSSR count). The van der Waals surface area contributed by atoms with Crippen LogP contribution in [0.15, 0.2) is 46.9 Å². The molecule has 0 saturated heterocycles. The molecule has 0 radical (unpaired) electrons. The topological polar surface area (TPSA) is 21.3 Å². The number of nitrogens with one attached hydrogen (secondary N) is 1. The van der Waals surface area contributed by atoms with E-state index in [1.807, 2.05) is 30.3 Å². The Hall–Kier alpha value is -1.19. The maximum atomic E-state index is 5.99. The Morgan fingerprint density at radius 3 is 2.72 bits per heavy atom. The Balaban J connectivity index is 1.88. The highest BCUT2D eigenvalue weighted by Crippen LogP contribution is 2.35. The second kappa shape index (κ2) is 4.82. The average Bonchev–Trinajstić information content (AvgIpc) is 2.38. The van der Waals surface area contributed by atoms with E-state index >= 15 is 0 Å². The summed E-state index contributed by atoms with van der Waals surface area (Å²) >= 11 is 9.43. The molecule has 0 fully saturated rings. The number of ether oxygens (including phenoxy) is 1. The molecule has 0 bridgehead atoms. The van der Waals surface area contributed by atoms with Crippen molar-refractivity contribution in [3.8, 4) is 5.75 Å². The number of hydrogen-bond acceptors (Lipinski definition) is 2. The first-order valence-corrected chi connectivity index (χ1v) is 6.84. The van der Waals surface area contributed by atoms with E-state index in [-0.39, 0.29) is 6.04 Å². The van der Waals surface area contributed by atoms with Gasteiger partial charge in [0.25, 0.3) is 0 Å². The molecule has 0 spiro atoms. The van der Waals surface area contributed by atoms with Crippen molar-refractivity contribution in [3.05, 3.63) is 57.5 Å². The van der Waals surface area contributed by atoms with Crippen molar-refractivity contribution in [2.75, 3.05) is 11.9 Å². The number of halogens is 2. The maximum absolute atomic E-state index is 5.99. The van der Waals surface area contributed by atoms with Crippen LogP contribution in [0.25, 0.3) is 0 Å². The van der Waals surface area contributed by atoms with E-state index in [0.717, 1.165) is 15.9 Å². The molecule has 1 heterocycles. The summed E-state index contributed by atoms with van der Waals surface area (Å²) in [6.07, 6.45) is 0. The summed E-state index contributed by atoms with van der Waals surface area (Å²) in [5, 5.41) is 4.16. The van der Waals surface area contributed by atoms with Crippen LogP contribution in [-0.2, 0) is 0 Å². The number of anilines is 1. The molecule has 1 aliphatic heterocycles. The predicted octanol–water partition coefficient (Wildman–Crippen LogP) is 4.65. The maximum Gasteiger partial charge on any atom is 0.142 e. The summed E-state index contributed by atoms with van der Waals surface area (Å²) < 4.78 is 6.82. The van der Waals surface area contributed by atoms with Crippen LogP contribution in [0.3, 0.4) is 0 Å². The van der Waals surface area contributed by atoms with Gasteiger partial charge in [0.05, 0.1) is 11.7 Å². The van der Waals surface area contributed by atoms with E-state index in [1.54, 1.807) is 0 Å². The first kappa shape index (κ1) is 11.9. The van der Waals surface area contributed by atoms with Crippen LogP contribution in [0.2, 0.25) is 5.02 Å². The molecule has 4 heteroatoms. The predicted molar refractivity (Wildman–Crippen MR) is 77.5 cm³/mol. The van der Waals surface area contributed by atoms with Gasteiger partial charge in [0.1, 0.15) is 12.4 Å². The Morgan fingerprint density at radius 1 is 1.17 bits per heavy atom. The third-order valence-electron chi connectivity index (χ3n) is 2.95. The van der Waals surface area contributed by atoms with E-state index in [2.05, 4.69) is 33.4 Å². The minimum atomic E-state index is 0.157. The largest absolute Gasteiger partial charge is 0.489 e. The second-order valence-electron chi connectivity index (χ2n) is 4.20. The van der Waals surface area contributed by atoms with Crippen molar-refractivity contribution in [1.29, 1.82) is 0 Å². The van der Waals surface area contributed by atoms with Gasteiger partial charge in [-0.2, -0.15) is 0 Å². The summed E-state index contributed by atoms with van der Waals surface area (Å²) in [5.41, 5.74) is 2.14. The third kappa shape index (κ3) is 2.33. The van der Waals surface area contributed by atoms with Crippen LogP contribution in [0.5, 0.6) is 5.75 Å². The highest BCUT2D eigenvalue weighted by molar-refractivity contribution is 9.10. The molecule has 0 aliphatic carbocycles. The van der Waals surface area contributed by atoms with Crippen LogP contribution in [-0.4, -0.2) is 6.61 Å². The molecule has 0 aromatic heterocycles.